The number of aryl methyl sites for hydroxylation is 1. The third kappa shape index (κ3) is 6.68. The van der Waals surface area contributed by atoms with Gasteiger partial charge in [0.1, 0.15) is 0 Å². The molecule has 0 bridgehead atoms. The molecule has 9 heteroatoms. The van der Waals surface area contributed by atoms with E-state index in [0.29, 0.717) is 43.7 Å². The van der Waals surface area contributed by atoms with Crippen LogP contribution in [0.5, 0.6) is 0 Å². The van der Waals surface area contributed by atoms with Gasteiger partial charge in [0.2, 0.25) is 15.9 Å². The summed E-state index contributed by atoms with van der Waals surface area (Å²) >= 11 is 0. The molecule has 0 unspecified atom stereocenters. The summed E-state index contributed by atoms with van der Waals surface area (Å²) in [6, 6.07) is 14.4. The van der Waals surface area contributed by atoms with E-state index in [-0.39, 0.29) is 29.6 Å². The average Bonchev–Trinajstić information content (AvgIpc) is 3.38. The first-order valence-corrected chi connectivity index (χ1v) is 13.8. The van der Waals surface area contributed by atoms with Crippen molar-refractivity contribution in [3.05, 3.63) is 65.2 Å². The molecule has 2 aliphatic heterocycles. The molecule has 2 amide bonds. The van der Waals surface area contributed by atoms with Crippen LogP contribution in [0.3, 0.4) is 0 Å². The highest BCUT2D eigenvalue weighted by Gasteiger charge is 2.31. The number of sulfonamides is 1. The second-order valence-corrected chi connectivity index (χ2v) is 11.3. The first-order valence-electron chi connectivity index (χ1n) is 12.1. The fourth-order valence-electron chi connectivity index (χ4n) is 4.51. The van der Waals surface area contributed by atoms with E-state index in [1.165, 1.54) is 4.31 Å². The van der Waals surface area contributed by atoms with Gasteiger partial charge in [-0.2, -0.15) is 0 Å². The molecule has 2 aromatic carbocycles. The fourth-order valence-corrected chi connectivity index (χ4v) is 6.08. The Kier molecular flexibility index (Phi) is 8.20. The highest BCUT2D eigenvalue weighted by Crippen LogP contribution is 2.24. The quantitative estimate of drug-likeness (QED) is 0.581. The van der Waals surface area contributed by atoms with Crippen molar-refractivity contribution in [2.45, 2.75) is 44.5 Å². The summed E-state index contributed by atoms with van der Waals surface area (Å²) in [5.41, 5.74) is 2.69. The highest BCUT2D eigenvalue weighted by atomic mass is 32.2. The number of amides is 2. The van der Waals surface area contributed by atoms with E-state index in [0.717, 1.165) is 30.6 Å². The molecule has 4 rings (SSSR count). The molecule has 188 valence electrons. The number of nitrogens with zero attached hydrogens (tertiary/aromatic N) is 1. The van der Waals surface area contributed by atoms with Crippen molar-refractivity contribution in [2.24, 2.45) is 5.92 Å². The predicted octanol–water partition coefficient (Wildman–Crippen LogP) is 3.08. The van der Waals surface area contributed by atoms with Crippen LogP contribution in [0.15, 0.2) is 48.5 Å². The summed E-state index contributed by atoms with van der Waals surface area (Å²) in [7, 11) is -3.45. The number of rotatable bonds is 8. The number of benzene rings is 2. The summed E-state index contributed by atoms with van der Waals surface area (Å²) in [5, 5.41) is 5.78. The Hall–Kier alpha value is -2.75. The van der Waals surface area contributed by atoms with Gasteiger partial charge in [-0.3, -0.25) is 9.59 Å². The van der Waals surface area contributed by atoms with Crippen molar-refractivity contribution >= 4 is 27.5 Å². The number of carbonyl (C=O) groups excluding carboxylic acids is 2. The number of piperidine rings is 1. The van der Waals surface area contributed by atoms with Crippen molar-refractivity contribution in [3.8, 4) is 0 Å². The monoisotopic (exact) mass is 499 g/mol. The van der Waals surface area contributed by atoms with Gasteiger partial charge in [-0.05, 0) is 50.3 Å². The van der Waals surface area contributed by atoms with Crippen LogP contribution in [-0.2, 0) is 25.3 Å². The lowest BCUT2D eigenvalue weighted by molar-refractivity contribution is -0.120. The predicted molar refractivity (Wildman–Crippen MR) is 134 cm³/mol. The van der Waals surface area contributed by atoms with Crippen LogP contribution in [0.1, 0.15) is 47.2 Å². The van der Waals surface area contributed by atoms with Crippen molar-refractivity contribution in [2.75, 3.05) is 31.6 Å². The molecule has 2 aromatic rings. The lowest BCUT2D eigenvalue weighted by Gasteiger charge is -2.30. The summed E-state index contributed by atoms with van der Waals surface area (Å²) in [6.45, 7) is 3.73. The number of anilines is 1. The Labute approximate surface area is 207 Å². The van der Waals surface area contributed by atoms with E-state index >= 15 is 0 Å². The molecule has 0 spiro atoms. The summed E-state index contributed by atoms with van der Waals surface area (Å²) in [4.78, 5) is 25.7. The van der Waals surface area contributed by atoms with Gasteiger partial charge in [-0.1, -0.05) is 42.0 Å². The summed E-state index contributed by atoms with van der Waals surface area (Å²) in [5.74, 6) is -0.810. The number of hydrogen-bond donors (Lipinski definition) is 2. The zero-order valence-electron chi connectivity index (χ0n) is 20.0. The third-order valence-corrected chi connectivity index (χ3v) is 8.48. The first-order chi connectivity index (χ1) is 16.8. The minimum absolute atomic E-state index is 0.0353. The van der Waals surface area contributed by atoms with Crippen LogP contribution in [0.25, 0.3) is 0 Å². The number of hydrogen-bond acceptors (Lipinski definition) is 5. The topological polar surface area (TPSA) is 105 Å². The van der Waals surface area contributed by atoms with E-state index in [1.807, 2.05) is 31.2 Å². The molecule has 0 saturated carbocycles. The lowest BCUT2D eigenvalue weighted by Crippen LogP contribution is -2.42. The molecule has 2 N–H and O–H groups in total. The van der Waals surface area contributed by atoms with Gasteiger partial charge in [0.15, 0.2) is 0 Å². The maximum Gasteiger partial charge on any atom is 0.253 e. The molecular formula is C26H33N3O5S. The lowest BCUT2D eigenvalue weighted by atomic mass is 9.97. The Morgan fingerprint density at radius 1 is 1.03 bits per heavy atom. The molecule has 0 aromatic heterocycles. The van der Waals surface area contributed by atoms with E-state index in [2.05, 4.69) is 10.6 Å². The van der Waals surface area contributed by atoms with Crippen LogP contribution >= 0.6 is 0 Å². The van der Waals surface area contributed by atoms with Crippen LogP contribution in [0.2, 0.25) is 0 Å². The number of para-hydroxylation sites is 1. The molecule has 0 radical (unpaired) electrons. The van der Waals surface area contributed by atoms with Gasteiger partial charge in [0.25, 0.3) is 5.91 Å². The summed E-state index contributed by atoms with van der Waals surface area (Å²) in [6.07, 6.45) is 2.84. The van der Waals surface area contributed by atoms with Gasteiger partial charge < -0.3 is 15.4 Å². The Bertz CT molecular complexity index is 1140. The minimum atomic E-state index is -3.45. The maximum absolute atomic E-state index is 13.0. The van der Waals surface area contributed by atoms with Crippen molar-refractivity contribution in [1.29, 1.82) is 0 Å². The Morgan fingerprint density at radius 3 is 2.43 bits per heavy atom. The second kappa shape index (κ2) is 11.3. The van der Waals surface area contributed by atoms with Crippen molar-refractivity contribution in [3.63, 3.8) is 0 Å². The molecule has 2 aliphatic rings. The molecule has 2 heterocycles. The van der Waals surface area contributed by atoms with Crippen molar-refractivity contribution in [1.82, 2.24) is 9.62 Å². The van der Waals surface area contributed by atoms with E-state index in [1.54, 1.807) is 24.3 Å². The molecule has 2 saturated heterocycles. The highest BCUT2D eigenvalue weighted by molar-refractivity contribution is 7.88. The van der Waals surface area contributed by atoms with E-state index < -0.39 is 10.0 Å². The Balaban J connectivity index is 1.31. The standard InChI is InChI=1S/C26H33N3O5S/c1-19-8-10-20(11-9-19)18-35(32,33)29-14-12-21(13-15-29)25(30)28-24-7-3-2-6-23(24)26(31)27-17-22-5-4-16-34-22/h2-3,6-11,21-22H,4-5,12-18H2,1H3,(H,27,31)(H,28,30)/t22-/m0/s1. The van der Waals surface area contributed by atoms with Crippen LogP contribution in [0.4, 0.5) is 5.69 Å². The van der Waals surface area contributed by atoms with Gasteiger partial charge >= 0.3 is 0 Å². The first kappa shape index (κ1) is 25.3. The SMILES string of the molecule is Cc1ccc(CS(=O)(=O)N2CCC(C(=O)Nc3ccccc3C(=O)NC[C@@H]3CCCO3)CC2)cc1. The smallest absolute Gasteiger partial charge is 0.253 e. The normalized spacial score (nSPS) is 19.4. The minimum Gasteiger partial charge on any atom is -0.376 e. The van der Waals surface area contributed by atoms with E-state index in [4.69, 9.17) is 4.74 Å². The zero-order chi connectivity index (χ0) is 24.8. The van der Waals surface area contributed by atoms with Crippen LogP contribution in [-0.4, -0.2) is 56.9 Å². The Morgan fingerprint density at radius 2 is 1.74 bits per heavy atom. The molecule has 8 nitrogen and oxygen atoms in total. The molecular weight excluding hydrogens is 466 g/mol. The van der Waals surface area contributed by atoms with Gasteiger partial charge in [0.05, 0.1) is 23.1 Å². The number of carbonyl (C=O) groups is 2. The largest absolute Gasteiger partial charge is 0.376 e. The molecule has 2 fully saturated rings. The molecule has 0 aliphatic carbocycles. The van der Waals surface area contributed by atoms with Gasteiger partial charge in [-0.25, -0.2) is 12.7 Å². The third-order valence-electron chi connectivity index (χ3n) is 6.63. The average molecular weight is 500 g/mol. The zero-order valence-corrected chi connectivity index (χ0v) is 20.9. The number of ether oxygens (including phenoxy) is 1. The van der Waals surface area contributed by atoms with Gasteiger partial charge in [0, 0.05) is 32.2 Å². The second-order valence-electron chi connectivity index (χ2n) is 9.30. The fraction of sp³-hybridized carbons (Fsp3) is 0.462. The number of nitrogens with one attached hydrogen (secondary N) is 2. The maximum atomic E-state index is 13.0. The van der Waals surface area contributed by atoms with Crippen LogP contribution < -0.4 is 10.6 Å². The van der Waals surface area contributed by atoms with Crippen molar-refractivity contribution < 1.29 is 22.7 Å². The van der Waals surface area contributed by atoms with Crippen LogP contribution in [0, 0.1) is 12.8 Å². The summed E-state index contributed by atoms with van der Waals surface area (Å²) < 4.78 is 32.7. The van der Waals surface area contributed by atoms with Gasteiger partial charge in [-0.15, -0.1) is 0 Å². The molecule has 35 heavy (non-hydrogen) atoms. The molecule has 1 atom stereocenters. The van der Waals surface area contributed by atoms with E-state index in [9.17, 15) is 18.0 Å².